The second-order valence-corrected chi connectivity index (χ2v) is 4.81. The van der Waals surface area contributed by atoms with E-state index >= 15 is 0 Å². The van der Waals surface area contributed by atoms with Crippen LogP contribution in [-0.2, 0) is 0 Å². The molecular formula is C17H17ClO3. The minimum absolute atomic E-state index is 0.539. The van der Waals surface area contributed by atoms with Crippen molar-refractivity contribution in [2.75, 3.05) is 13.2 Å². The molecule has 2 aromatic carbocycles. The Morgan fingerprint density at radius 3 is 2.38 bits per heavy atom. The fourth-order valence-electron chi connectivity index (χ4n) is 2.11. The third-order valence-electron chi connectivity index (χ3n) is 2.99. The van der Waals surface area contributed by atoms with Gasteiger partial charge in [0, 0.05) is 10.6 Å². The summed E-state index contributed by atoms with van der Waals surface area (Å²) in [5.41, 5.74) is 2.26. The highest BCUT2D eigenvalue weighted by Crippen LogP contribution is 2.34. The molecule has 21 heavy (non-hydrogen) atoms. The summed E-state index contributed by atoms with van der Waals surface area (Å²) in [6.07, 6.45) is 0.804. The van der Waals surface area contributed by atoms with Crippen molar-refractivity contribution in [3.05, 3.63) is 47.0 Å². The van der Waals surface area contributed by atoms with Gasteiger partial charge in [0.15, 0.2) is 17.8 Å². The molecule has 0 aliphatic rings. The normalized spacial score (nSPS) is 10.2. The first-order chi connectivity index (χ1) is 10.2. The van der Waals surface area contributed by atoms with Crippen LogP contribution in [0.5, 0.6) is 11.5 Å². The van der Waals surface area contributed by atoms with Gasteiger partial charge in [-0.05, 0) is 49.2 Å². The van der Waals surface area contributed by atoms with Gasteiger partial charge in [0.2, 0.25) is 0 Å². The number of carbonyl (C=O) groups is 1. The molecule has 110 valence electrons. The van der Waals surface area contributed by atoms with Crippen LogP contribution < -0.4 is 9.47 Å². The molecule has 0 N–H and O–H groups in total. The molecule has 0 unspecified atom stereocenters. The quantitative estimate of drug-likeness (QED) is 0.731. The molecule has 0 atom stereocenters. The number of aldehydes is 1. The monoisotopic (exact) mass is 304 g/mol. The zero-order chi connectivity index (χ0) is 15.2. The molecule has 0 aliphatic carbocycles. The lowest BCUT2D eigenvalue weighted by molar-refractivity contribution is 0.112. The molecule has 0 amide bonds. The first-order valence-electron chi connectivity index (χ1n) is 6.84. The van der Waals surface area contributed by atoms with Crippen LogP contribution in [-0.4, -0.2) is 19.5 Å². The third-order valence-corrected chi connectivity index (χ3v) is 3.23. The Balaban J connectivity index is 2.49. The first-order valence-corrected chi connectivity index (χ1v) is 7.22. The summed E-state index contributed by atoms with van der Waals surface area (Å²) in [6.45, 7) is 4.96. The Bertz CT molecular complexity index is 638. The Hall–Kier alpha value is -2.00. The molecule has 0 heterocycles. The minimum atomic E-state index is 0.539. The predicted molar refractivity (Wildman–Crippen MR) is 84.6 cm³/mol. The van der Waals surface area contributed by atoms with E-state index in [0.29, 0.717) is 35.3 Å². The zero-order valence-electron chi connectivity index (χ0n) is 12.1. The van der Waals surface area contributed by atoms with Crippen molar-refractivity contribution < 1.29 is 14.3 Å². The van der Waals surface area contributed by atoms with Gasteiger partial charge in [-0.1, -0.05) is 23.7 Å². The molecule has 0 bridgehead atoms. The Morgan fingerprint density at radius 2 is 1.71 bits per heavy atom. The highest BCUT2D eigenvalue weighted by Gasteiger charge is 2.10. The van der Waals surface area contributed by atoms with E-state index in [9.17, 15) is 4.79 Å². The molecule has 3 nitrogen and oxygen atoms in total. The van der Waals surface area contributed by atoms with E-state index in [1.807, 2.05) is 38.1 Å². The van der Waals surface area contributed by atoms with Gasteiger partial charge in [-0.25, -0.2) is 0 Å². The van der Waals surface area contributed by atoms with E-state index in [1.54, 1.807) is 12.1 Å². The molecule has 0 saturated heterocycles. The molecule has 2 aromatic rings. The molecule has 0 aliphatic heterocycles. The molecule has 0 saturated carbocycles. The summed E-state index contributed by atoms with van der Waals surface area (Å²) >= 11 is 5.93. The van der Waals surface area contributed by atoms with E-state index < -0.39 is 0 Å². The fraction of sp³-hybridized carbons (Fsp3) is 0.235. The largest absolute Gasteiger partial charge is 0.490 e. The summed E-state index contributed by atoms with van der Waals surface area (Å²) in [5.74, 6) is 1.37. The van der Waals surface area contributed by atoms with Crippen LogP contribution in [0.15, 0.2) is 36.4 Å². The number of rotatable bonds is 6. The molecule has 0 radical (unpaired) electrons. The average molecular weight is 305 g/mol. The molecule has 0 aromatic heterocycles. The van der Waals surface area contributed by atoms with E-state index in [-0.39, 0.29) is 0 Å². The second-order valence-electron chi connectivity index (χ2n) is 4.38. The summed E-state index contributed by atoms with van der Waals surface area (Å²) in [7, 11) is 0. The van der Waals surface area contributed by atoms with Crippen LogP contribution in [0.25, 0.3) is 11.1 Å². The summed E-state index contributed by atoms with van der Waals surface area (Å²) in [4.78, 5) is 11.2. The van der Waals surface area contributed by atoms with Crippen molar-refractivity contribution in [3.8, 4) is 22.6 Å². The van der Waals surface area contributed by atoms with Crippen molar-refractivity contribution in [2.24, 2.45) is 0 Å². The lowest BCUT2D eigenvalue weighted by Gasteiger charge is -2.13. The number of ether oxygens (including phenoxy) is 2. The third kappa shape index (κ3) is 3.56. The number of carbonyl (C=O) groups excluding carboxylic acids is 1. The standard InChI is InChI=1S/C17H17ClO3/c1-3-20-16-8-5-12(10-17(16)21-4-2)15-7-6-14(18)9-13(15)11-19/h5-11H,3-4H2,1-2H3. The zero-order valence-corrected chi connectivity index (χ0v) is 12.8. The van der Waals surface area contributed by atoms with E-state index in [1.165, 1.54) is 0 Å². The van der Waals surface area contributed by atoms with Crippen molar-refractivity contribution >= 4 is 17.9 Å². The number of hydrogen-bond donors (Lipinski definition) is 0. The number of hydrogen-bond acceptors (Lipinski definition) is 3. The maximum absolute atomic E-state index is 11.2. The van der Waals surface area contributed by atoms with Crippen LogP contribution in [0.1, 0.15) is 24.2 Å². The minimum Gasteiger partial charge on any atom is -0.490 e. The van der Waals surface area contributed by atoms with Gasteiger partial charge >= 0.3 is 0 Å². The van der Waals surface area contributed by atoms with Crippen molar-refractivity contribution in [3.63, 3.8) is 0 Å². The van der Waals surface area contributed by atoms with E-state index in [2.05, 4.69) is 0 Å². The number of halogens is 1. The van der Waals surface area contributed by atoms with Gasteiger partial charge in [0.1, 0.15) is 0 Å². The summed E-state index contributed by atoms with van der Waals surface area (Å²) in [6, 6.07) is 10.9. The van der Waals surface area contributed by atoms with Gasteiger partial charge in [-0.15, -0.1) is 0 Å². The van der Waals surface area contributed by atoms with Crippen molar-refractivity contribution in [2.45, 2.75) is 13.8 Å². The van der Waals surface area contributed by atoms with E-state index in [0.717, 1.165) is 17.4 Å². The molecule has 4 heteroatoms. The smallest absolute Gasteiger partial charge is 0.161 e. The van der Waals surface area contributed by atoms with Crippen LogP contribution in [0, 0.1) is 0 Å². The lowest BCUT2D eigenvalue weighted by atomic mass is 10.00. The molecular weight excluding hydrogens is 288 g/mol. The van der Waals surface area contributed by atoms with Crippen molar-refractivity contribution in [1.29, 1.82) is 0 Å². The van der Waals surface area contributed by atoms with Gasteiger partial charge in [-0.2, -0.15) is 0 Å². The maximum Gasteiger partial charge on any atom is 0.161 e. The Morgan fingerprint density at radius 1 is 1.00 bits per heavy atom. The van der Waals surface area contributed by atoms with Gasteiger partial charge in [-0.3, -0.25) is 4.79 Å². The molecule has 0 fully saturated rings. The average Bonchev–Trinajstić information content (AvgIpc) is 2.49. The Kier molecular flexibility index (Phi) is 5.23. The van der Waals surface area contributed by atoms with E-state index in [4.69, 9.17) is 21.1 Å². The predicted octanol–water partition coefficient (Wildman–Crippen LogP) is 4.62. The first kappa shape index (κ1) is 15.4. The summed E-state index contributed by atoms with van der Waals surface area (Å²) in [5, 5.41) is 0.539. The second kappa shape index (κ2) is 7.14. The number of benzene rings is 2. The van der Waals surface area contributed by atoms with Crippen LogP contribution >= 0.6 is 11.6 Å². The maximum atomic E-state index is 11.2. The highest BCUT2D eigenvalue weighted by atomic mass is 35.5. The van der Waals surface area contributed by atoms with Gasteiger partial charge in [0.25, 0.3) is 0 Å². The molecule has 2 rings (SSSR count). The lowest BCUT2D eigenvalue weighted by Crippen LogP contribution is -1.99. The van der Waals surface area contributed by atoms with Crippen LogP contribution in [0.4, 0.5) is 0 Å². The SMILES string of the molecule is CCOc1ccc(-c2ccc(Cl)cc2C=O)cc1OCC. The Labute approximate surface area is 129 Å². The summed E-state index contributed by atoms with van der Waals surface area (Å²) < 4.78 is 11.1. The highest BCUT2D eigenvalue weighted by molar-refractivity contribution is 6.31. The van der Waals surface area contributed by atoms with Crippen molar-refractivity contribution in [1.82, 2.24) is 0 Å². The van der Waals surface area contributed by atoms with Crippen LogP contribution in [0.2, 0.25) is 5.02 Å². The van der Waals surface area contributed by atoms with Crippen LogP contribution in [0.3, 0.4) is 0 Å². The fourth-order valence-corrected chi connectivity index (χ4v) is 2.29. The van der Waals surface area contributed by atoms with Gasteiger partial charge < -0.3 is 9.47 Å². The topological polar surface area (TPSA) is 35.5 Å². The molecule has 0 spiro atoms. The van der Waals surface area contributed by atoms with Gasteiger partial charge in [0.05, 0.1) is 13.2 Å².